The zero-order valence-corrected chi connectivity index (χ0v) is 18.5. The first-order valence-corrected chi connectivity index (χ1v) is 11.2. The van der Waals surface area contributed by atoms with Crippen LogP contribution in [0.25, 0.3) is 0 Å². The molecule has 0 atom stereocenters. The van der Waals surface area contributed by atoms with E-state index < -0.39 is 0 Å². The average Bonchev–Trinajstić information content (AvgIpc) is 3.31. The molecule has 0 radical (unpaired) electrons. The van der Waals surface area contributed by atoms with Crippen molar-refractivity contribution in [3.05, 3.63) is 101 Å². The number of hydrogen-bond donors (Lipinski definition) is 0. The minimum atomic E-state index is -0.305. The van der Waals surface area contributed by atoms with Gasteiger partial charge < -0.3 is 9.80 Å². The van der Waals surface area contributed by atoms with Gasteiger partial charge in [-0.15, -0.1) is 0 Å². The second kappa shape index (κ2) is 8.54. The Balaban J connectivity index is 1.23. The van der Waals surface area contributed by atoms with Crippen LogP contribution in [-0.4, -0.2) is 40.7 Å². The Morgan fingerprint density at radius 1 is 0.636 bits per heavy atom. The summed E-state index contributed by atoms with van der Waals surface area (Å²) in [4.78, 5) is 43.2. The highest BCUT2D eigenvalue weighted by molar-refractivity contribution is 6.34. The molecule has 0 aromatic heterocycles. The normalized spacial score (nSPS) is 15.5. The van der Waals surface area contributed by atoms with E-state index in [1.807, 2.05) is 21.9 Å². The van der Waals surface area contributed by atoms with E-state index in [4.69, 9.17) is 0 Å². The molecule has 2 aliphatic heterocycles. The molecule has 6 heteroatoms. The third-order valence-corrected chi connectivity index (χ3v) is 6.35. The fourth-order valence-corrected chi connectivity index (χ4v) is 4.42. The Morgan fingerprint density at radius 3 is 1.58 bits per heavy atom. The Kier molecular flexibility index (Phi) is 5.42. The average molecular weight is 440 g/mol. The molecular weight excluding hydrogens is 414 g/mol. The Morgan fingerprint density at radius 2 is 1.09 bits per heavy atom. The molecule has 0 unspecified atom stereocenters. The molecule has 3 aromatic carbocycles. The molecule has 0 bridgehead atoms. The molecule has 1 fully saturated rings. The summed E-state index contributed by atoms with van der Waals surface area (Å²) >= 11 is 0. The van der Waals surface area contributed by atoms with Gasteiger partial charge in [0.2, 0.25) is 0 Å². The summed E-state index contributed by atoms with van der Waals surface area (Å²) < 4.78 is 0. The number of benzene rings is 3. The highest BCUT2D eigenvalue weighted by Crippen LogP contribution is 2.28. The fraction of sp³-hybridized carbons (Fsp3) is 0.222. The van der Waals surface area contributed by atoms with Gasteiger partial charge in [-0.1, -0.05) is 55.5 Å². The van der Waals surface area contributed by atoms with Crippen molar-refractivity contribution in [3.63, 3.8) is 0 Å². The zero-order valence-electron chi connectivity index (χ0n) is 18.5. The smallest absolute Gasteiger partial charge is 0.319 e. The van der Waals surface area contributed by atoms with Crippen LogP contribution in [-0.2, 0) is 19.5 Å². The molecule has 0 saturated carbocycles. The van der Waals surface area contributed by atoms with E-state index in [2.05, 4.69) is 31.2 Å². The maximum Gasteiger partial charge on any atom is 0.320 e. The van der Waals surface area contributed by atoms with Crippen LogP contribution in [0.4, 0.5) is 10.5 Å². The number of amides is 4. The SMILES string of the molecule is CCc1ccc(CN2CCN(Cc3ccc(N4C(=O)c5ccccc5C4=O)cc3)C2=O)cc1. The largest absolute Gasteiger partial charge is 0.320 e. The molecule has 0 aliphatic carbocycles. The first kappa shape index (κ1) is 20.9. The van der Waals surface area contributed by atoms with Crippen LogP contribution in [0.15, 0.2) is 72.8 Å². The summed E-state index contributed by atoms with van der Waals surface area (Å²) in [6.45, 7) is 4.60. The number of carbonyl (C=O) groups is 3. The number of nitrogens with zero attached hydrogens (tertiary/aromatic N) is 3. The van der Waals surface area contributed by atoms with Gasteiger partial charge in [0.15, 0.2) is 0 Å². The summed E-state index contributed by atoms with van der Waals surface area (Å²) in [5, 5.41) is 0. The summed E-state index contributed by atoms with van der Waals surface area (Å²) in [6.07, 6.45) is 1.00. The fourth-order valence-electron chi connectivity index (χ4n) is 4.42. The third kappa shape index (κ3) is 3.89. The van der Waals surface area contributed by atoms with Gasteiger partial charge in [-0.3, -0.25) is 9.59 Å². The minimum Gasteiger partial charge on any atom is -0.319 e. The topological polar surface area (TPSA) is 60.9 Å². The van der Waals surface area contributed by atoms with Crippen LogP contribution >= 0.6 is 0 Å². The van der Waals surface area contributed by atoms with Crippen molar-refractivity contribution in [3.8, 4) is 0 Å². The monoisotopic (exact) mass is 439 g/mol. The lowest BCUT2D eigenvalue weighted by Crippen LogP contribution is -2.31. The van der Waals surface area contributed by atoms with Gasteiger partial charge in [0, 0.05) is 26.2 Å². The maximum absolute atomic E-state index is 12.9. The molecule has 6 nitrogen and oxygen atoms in total. The number of anilines is 1. The van der Waals surface area contributed by atoms with Gasteiger partial charge in [-0.2, -0.15) is 0 Å². The number of urea groups is 1. The van der Waals surface area contributed by atoms with Crippen molar-refractivity contribution < 1.29 is 14.4 Å². The first-order chi connectivity index (χ1) is 16.0. The van der Waals surface area contributed by atoms with E-state index in [1.165, 1.54) is 10.5 Å². The molecule has 2 heterocycles. The summed E-state index contributed by atoms with van der Waals surface area (Å²) in [6, 6.07) is 22.6. The predicted octanol–water partition coefficient (Wildman–Crippen LogP) is 4.49. The van der Waals surface area contributed by atoms with E-state index in [0.29, 0.717) is 43.0 Å². The molecule has 0 N–H and O–H groups in total. The summed E-state index contributed by atoms with van der Waals surface area (Å²) in [7, 11) is 0. The second-order valence-electron chi connectivity index (χ2n) is 8.45. The van der Waals surface area contributed by atoms with Gasteiger partial charge >= 0.3 is 6.03 Å². The Bertz CT molecular complexity index is 1180. The number of aryl methyl sites for hydroxylation is 1. The van der Waals surface area contributed by atoms with Crippen molar-refractivity contribution in [1.82, 2.24) is 9.80 Å². The number of imide groups is 1. The predicted molar refractivity (Wildman–Crippen MR) is 126 cm³/mol. The van der Waals surface area contributed by atoms with E-state index >= 15 is 0 Å². The van der Waals surface area contributed by atoms with Crippen molar-refractivity contribution >= 4 is 23.5 Å². The lowest BCUT2D eigenvalue weighted by Gasteiger charge is -2.19. The van der Waals surface area contributed by atoms with Crippen molar-refractivity contribution in [2.24, 2.45) is 0 Å². The number of fused-ring (bicyclic) bond motifs is 1. The summed E-state index contributed by atoms with van der Waals surface area (Å²) in [5.41, 5.74) is 4.77. The quantitative estimate of drug-likeness (QED) is 0.532. The van der Waals surface area contributed by atoms with E-state index in [1.54, 1.807) is 36.4 Å². The molecule has 4 amide bonds. The molecule has 33 heavy (non-hydrogen) atoms. The van der Waals surface area contributed by atoms with E-state index in [-0.39, 0.29) is 17.8 Å². The van der Waals surface area contributed by atoms with Crippen molar-refractivity contribution in [2.45, 2.75) is 26.4 Å². The van der Waals surface area contributed by atoms with Crippen molar-refractivity contribution in [1.29, 1.82) is 0 Å². The molecule has 3 aromatic rings. The maximum atomic E-state index is 12.9. The number of rotatable bonds is 6. The second-order valence-corrected chi connectivity index (χ2v) is 8.45. The Hall–Kier alpha value is -3.93. The molecule has 166 valence electrons. The first-order valence-electron chi connectivity index (χ1n) is 11.2. The van der Waals surface area contributed by atoms with Gasteiger partial charge in [-0.05, 0) is 47.4 Å². The highest BCUT2D eigenvalue weighted by Gasteiger charge is 2.36. The standard InChI is InChI=1S/C27H25N3O3/c1-2-19-7-9-20(10-8-19)17-28-15-16-29(27(28)33)18-21-11-13-22(14-12-21)30-25(31)23-5-3-4-6-24(23)26(30)32/h3-14H,2,15-18H2,1H3. The van der Waals surface area contributed by atoms with E-state index in [0.717, 1.165) is 17.5 Å². The van der Waals surface area contributed by atoms with Crippen LogP contribution in [0.3, 0.4) is 0 Å². The highest BCUT2D eigenvalue weighted by atomic mass is 16.2. The minimum absolute atomic E-state index is 0.0268. The zero-order chi connectivity index (χ0) is 22.9. The van der Waals surface area contributed by atoms with Gasteiger partial charge in [0.05, 0.1) is 16.8 Å². The van der Waals surface area contributed by atoms with Gasteiger partial charge in [0.1, 0.15) is 0 Å². The number of hydrogen-bond acceptors (Lipinski definition) is 3. The van der Waals surface area contributed by atoms with Crippen LogP contribution in [0, 0.1) is 0 Å². The lowest BCUT2D eigenvalue weighted by molar-refractivity contribution is 0.0926. The molecule has 0 spiro atoms. The number of carbonyl (C=O) groups excluding carboxylic acids is 3. The molecular formula is C27H25N3O3. The van der Waals surface area contributed by atoms with Gasteiger partial charge in [-0.25, -0.2) is 9.69 Å². The van der Waals surface area contributed by atoms with Crippen LogP contribution in [0.2, 0.25) is 0 Å². The van der Waals surface area contributed by atoms with Crippen LogP contribution in [0.5, 0.6) is 0 Å². The molecule has 1 saturated heterocycles. The Labute approximate surface area is 193 Å². The summed E-state index contributed by atoms with van der Waals surface area (Å²) in [5.74, 6) is -0.610. The van der Waals surface area contributed by atoms with Crippen LogP contribution in [0.1, 0.15) is 44.3 Å². The van der Waals surface area contributed by atoms with Gasteiger partial charge in [0.25, 0.3) is 11.8 Å². The lowest BCUT2D eigenvalue weighted by atomic mass is 10.1. The van der Waals surface area contributed by atoms with Crippen LogP contribution < -0.4 is 4.90 Å². The molecule has 2 aliphatic rings. The van der Waals surface area contributed by atoms with Crippen molar-refractivity contribution in [2.75, 3.05) is 18.0 Å². The van der Waals surface area contributed by atoms with E-state index in [9.17, 15) is 14.4 Å². The molecule has 5 rings (SSSR count). The third-order valence-electron chi connectivity index (χ3n) is 6.35.